The summed E-state index contributed by atoms with van der Waals surface area (Å²) in [5, 5.41) is 10.5. The molecule has 0 unspecified atom stereocenters. The van der Waals surface area contributed by atoms with Gasteiger partial charge in [0, 0.05) is 17.1 Å². The van der Waals surface area contributed by atoms with E-state index in [1.807, 2.05) is 23.7 Å². The number of carbonyl (C=O) groups excluding carboxylic acids is 1. The quantitative estimate of drug-likeness (QED) is 0.654. The number of phenols is 1. The molecule has 0 aliphatic rings. The number of phenolic OH excluding ortho intramolecular Hbond substituents is 1. The number of aromatic nitrogens is 1. The number of carbonyl (C=O) groups is 1. The number of rotatable bonds is 1. The van der Waals surface area contributed by atoms with Gasteiger partial charge in [-0.15, -0.1) is 11.3 Å². The van der Waals surface area contributed by atoms with Crippen LogP contribution in [0.5, 0.6) is 5.75 Å². The van der Waals surface area contributed by atoms with Crippen molar-refractivity contribution in [2.45, 2.75) is 0 Å². The van der Waals surface area contributed by atoms with Crippen LogP contribution in [0.15, 0.2) is 24.3 Å². The second-order valence-corrected chi connectivity index (χ2v) is 4.83. The first-order valence-electron chi connectivity index (χ1n) is 4.87. The molecule has 0 aliphatic heterocycles. The first kappa shape index (κ1) is 9.42. The molecule has 1 aromatic carbocycles. The monoisotopic (exact) mass is 231 g/mol. The van der Waals surface area contributed by atoms with Crippen molar-refractivity contribution in [1.29, 1.82) is 0 Å². The van der Waals surface area contributed by atoms with Crippen molar-refractivity contribution in [2.24, 2.45) is 7.05 Å². The van der Waals surface area contributed by atoms with E-state index >= 15 is 0 Å². The zero-order chi connectivity index (χ0) is 11.3. The van der Waals surface area contributed by atoms with E-state index in [-0.39, 0.29) is 5.75 Å². The molecule has 0 saturated heterocycles. The van der Waals surface area contributed by atoms with E-state index < -0.39 is 0 Å². The van der Waals surface area contributed by atoms with Crippen LogP contribution in [0.4, 0.5) is 0 Å². The number of benzene rings is 1. The van der Waals surface area contributed by atoms with Crippen LogP contribution in [0.2, 0.25) is 0 Å². The maximum Gasteiger partial charge on any atom is 0.166 e. The molecule has 0 bridgehead atoms. The van der Waals surface area contributed by atoms with Crippen molar-refractivity contribution in [3.05, 3.63) is 30.0 Å². The topological polar surface area (TPSA) is 42.2 Å². The molecule has 2 aromatic heterocycles. The Bertz CT molecular complexity index is 709. The van der Waals surface area contributed by atoms with Crippen LogP contribution in [0.3, 0.4) is 0 Å². The van der Waals surface area contributed by atoms with Crippen molar-refractivity contribution in [3.8, 4) is 5.75 Å². The van der Waals surface area contributed by atoms with Crippen molar-refractivity contribution < 1.29 is 9.90 Å². The molecule has 3 aromatic rings. The Morgan fingerprint density at radius 3 is 2.88 bits per heavy atom. The van der Waals surface area contributed by atoms with Crippen LogP contribution in [-0.4, -0.2) is 16.0 Å². The SMILES string of the molecule is Cn1c(C=O)cc2sc3ccc(O)cc3c21. The van der Waals surface area contributed by atoms with Crippen LogP contribution in [0.1, 0.15) is 10.5 Å². The van der Waals surface area contributed by atoms with Gasteiger partial charge in [-0.2, -0.15) is 0 Å². The number of nitrogens with zero attached hydrogens (tertiary/aromatic N) is 1. The smallest absolute Gasteiger partial charge is 0.166 e. The van der Waals surface area contributed by atoms with Gasteiger partial charge in [-0.05, 0) is 24.3 Å². The third-order valence-corrected chi connectivity index (χ3v) is 3.90. The molecular weight excluding hydrogens is 222 g/mol. The third kappa shape index (κ3) is 1.10. The van der Waals surface area contributed by atoms with Crippen LogP contribution in [0, 0.1) is 0 Å². The summed E-state index contributed by atoms with van der Waals surface area (Å²) in [7, 11) is 1.86. The average molecular weight is 231 g/mol. The maximum atomic E-state index is 10.8. The van der Waals surface area contributed by atoms with E-state index in [4.69, 9.17) is 0 Å². The van der Waals surface area contributed by atoms with E-state index in [2.05, 4.69) is 0 Å². The summed E-state index contributed by atoms with van der Waals surface area (Å²) in [6.45, 7) is 0. The van der Waals surface area contributed by atoms with E-state index in [1.54, 1.807) is 23.5 Å². The normalized spacial score (nSPS) is 11.3. The molecule has 0 aliphatic carbocycles. The summed E-state index contributed by atoms with van der Waals surface area (Å²) >= 11 is 1.63. The van der Waals surface area contributed by atoms with Crippen molar-refractivity contribution in [1.82, 2.24) is 4.57 Å². The standard InChI is InChI=1S/C12H9NO2S/c1-13-7(6-14)4-11-12(13)9-5-8(15)2-3-10(9)16-11/h2-6,15H,1H3. The Labute approximate surface area is 95.5 Å². The Morgan fingerprint density at radius 1 is 1.31 bits per heavy atom. The Hall–Kier alpha value is -1.81. The highest BCUT2D eigenvalue weighted by atomic mass is 32.1. The fourth-order valence-electron chi connectivity index (χ4n) is 2.01. The number of aldehydes is 1. The number of aromatic hydroxyl groups is 1. The van der Waals surface area contributed by atoms with Crippen LogP contribution in [-0.2, 0) is 7.05 Å². The Balaban J connectivity index is 2.53. The molecule has 0 saturated carbocycles. The van der Waals surface area contributed by atoms with Gasteiger partial charge in [-0.1, -0.05) is 0 Å². The highest BCUT2D eigenvalue weighted by Gasteiger charge is 2.12. The number of hydrogen-bond acceptors (Lipinski definition) is 3. The van der Waals surface area contributed by atoms with Gasteiger partial charge in [-0.25, -0.2) is 0 Å². The van der Waals surface area contributed by atoms with Crippen molar-refractivity contribution in [3.63, 3.8) is 0 Å². The summed E-state index contributed by atoms with van der Waals surface area (Å²) in [6.07, 6.45) is 0.849. The van der Waals surface area contributed by atoms with Crippen LogP contribution in [0.25, 0.3) is 20.3 Å². The lowest BCUT2D eigenvalue weighted by molar-refractivity contribution is 0.111. The van der Waals surface area contributed by atoms with Gasteiger partial charge >= 0.3 is 0 Å². The molecule has 0 spiro atoms. The molecule has 1 N–H and O–H groups in total. The predicted molar refractivity (Wildman–Crippen MR) is 65.4 cm³/mol. The molecule has 0 fully saturated rings. The Kier molecular flexibility index (Phi) is 1.82. The molecule has 16 heavy (non-hydrogen) atoms. The molecule has 0 amide bonds. The van der Waals surface area contributed by atoms with Gasteiger partial charge in [0.2, 0.25) is 0 Å². The molecule has 0 atom stereocenters. The third-order valence-electron chi connectivity index (χ3n) is 2.79. The maximum absolute atomic E-state index is 10.8. The van der Waals surface area contributed by atoms with E-state index in [1.165, 1.54) is 0 Å². The minimum Gasteiger partial charge on any atom is -0.508 e. The fourth-order valence-corrected chi connectivity index (χ4v) is 3.17. The highest BCUT2D eigenvalue weighted by molar-refractivity contribution is 7.25. The van der Waals surface area contributed by atoms with Crippen LogP contribution < -0.4 is 0 Å². The fraction of sp³-hybridized carbons (Fsp3) is 0.0833. The minimum absolute atomic E-state index is 0.251. The molecule has 3 nitrogen and oxygen atoms in total. The second kappa shape index (κ2) is 3.09. The zero-order valence-corrected chi connectivity index (χ0v) is 9.41. The lowest BCUT2D eigenvalue weighted by atomic mass is 10.2. The van der Waals surface area contributed by atoms with E-state index in [0.29, 0.717) is 5.69 Å². The molecule has 80 valence electrons. The molecule has 4 heteroatoms. The van der Waals surface area contributed by atoms with Crippen molar-refractivity contribution >= 4 is 37.9 Å². The number of fused-ring (bicyclic) bond motifs is 3. The first-order chi connectivity index (χ1) is 7.70. The summed E-state index contributed by atoms with van der Waals surface area (Å²) in [5.74, 6) is 0.251. The minimum atomic E-state index is 0.251. The van der Waals surface area contributed by atoms with Crippen molar-refractivity contribution in [2.75, 3.05) is 0 Å². The Morgan fingerprint density at radius 2 is 2.12 bits per heavy atom. The average Bonchev–Trinajstić information content (AvgIpc) is 2.76. The lowest BCUT2D eigenvalue weighted by Crippen LogP contribution is -1.93. The lowest BCUT2D eigenvalue weighted by Gasteiger charge is -1.98. The molecule has 3 rings (SSSR count). The van der Waals surface area contributed by atoms with E-state index in [9.17, 15) is 9.90 Å². The molecular formula is C12H9NO2S. The summed E-state index contributed by atoms with van der Waals surface area (Å²) < 4.78 is 4.06. The number of hydrogen-bond donors (Lipinski definition) is 1. The van der Waals surface area contributed by atoms with Gasteiger partial charge in [-0.3, -0.25) is 4.79 Å². The first-order valence-corrected chi connectivity index (χ1v) is 5.68. The van der Waals surface area contributed by atoms with Gasteiger partial charge < -0.3 is 9.67 Å². The van der Waals surface area contributed by atoms with Crippen LogP contribution >= 0.6 is 11.3 Å². The molecule has 2 heterocycles. The van der Waals surface area contributed by atoms with E-state index in [0.717, 1.165) is 26.6 Å². The van der Waals surface area contributed by atoms with Gasteiger partial charge in [0.1, 0.15) is 5.75 Å². The summed E-state index contributed by atoms with van der Waals surface area (Å²) in [4.78, 5) is 10.8. The largest absolute Gasteiger partial charge is 0.508 e. The van der Waals surface area contributed by atoms with Gasteiger partial charge in [0.05, 0.1) is 15.9 Å². The summed E-state index contributed by atoms with van der Waals surface area (Å²) in [5.41, 5.74) is 1.67. The number of aryl methyl sites for hydroxylation is 1. The predicted octanol–water partition coefficient (Wildman–Crippen LogP) is 2.91. The second-order valence-electron chi connectivity index (χ2n) is 3.74. The zero-order valence-electron chi connectivity index (χ0n) is 8.60. The number of thiophene rings is 1. The van der Waals surface area contributed by atoms with Gasteiger partial charge in [0.25, 0.3) is 0 Å². The van der Waals surface area contributed by atoms with Gasteiger partial charge in [0.15, 0.2) is 6.29 Å². The summed E-state index contributed by atoms with van der Waals surface area (Å²) in [6, 6.07) is 7.20. The highest BCUT2D eigenvalue weighted by Crippen LogP contribution is 2.36. The molecule has 0 radical (unpaired) electrons.